The van der Waals surface area contributed by atoms with Gasteiger partial charge in [0.05, 0.1) is 12.2 Å². The lowest BCUT2D eigenvalue weighted by Gasteiger charge is -2.20. The third-order valence-corrected chi connectivity index (χ3v) is 6.38. The first kappa shape index (κ1) is 31.0. The van der Waals surface area contributed by atoms with Gasteiger partial charge in [-0.1, -0.05) is 52.0 Å². The van der Waals surface area contributed by atoms with E-state index in [-0.39, 0.29) is 17.6 Å². The molecular formula is C30H45N3O5. The molecule has 0 aliphatic carbocycles. The van der Waals surface area contributed by atoms with E-state index < -0.39 is 0 Å². The van der Waals surface area contributed by atoms with Crippen LogP contribution in [0.4, 0.5) is 5.69 Å². The van der Waals surface area contributed by atoms with Crippen LogP contribution >= 0.6 is 0 Å². The fourth-order valence-corrected chi connectivity index (χ4v) is 4.01. The summed E-state index contributed by atoms with van der Waals surface area (Å²) in [7, 11) is 0. The summed E-state index contributed by atoms with van der Waals surface area (Å²) < 4.78 is 11.2. The average Bonchev–Trinajstić information content (AvgIpc) is 2.92. The minimum atomic E-state index is -0.363. The number of benzene rings is 2. The molecule has 1 amide bonds. The maximum absolute atomic E-state index is 12.1. The Bertz CT molecular complexity index is 965. The van der Waals surface area contributed by atoms with Crippen LogP contribution in [0.3, 0.4) is 0 Å². The van der Waals surface area contributed by atoms with E-state index in [1.165, 1.54) is 25.7 Å². The van der Waals surface area contributed by atoms with E-state index in [4.69, 9.17) is 15.2 Å². The second-order valence-corrected chi connectivity index (χ2v) is 9.49. The van der Waals surface area contributed by atoms with E-state index in [0.29, 0.717) is 49.7 Å². The molecular weight excluding hydrogens is 482 g/mol. The van der Waals surface area contributed by atoms with Gasteiger partial charge in [0.1, 0.15) is 6.61 Å². The highest BCUT2D eigenvalue weighted by Crippen LogP contribution is 2.27. The van der Waals surface area contributed by atoms with Gasteiger partial charge in [-0.2, -0.15) is 0 Å². The van der Waals surface area contributed by atoms with Crippen LogP contribution in [0.5, 0.6) is 11.5 Å². The summed E-state index contributed by atoms with van der Waals surface area (Å²) in [5.41, 5.74) is 7.62. The number of hydrogen-bond acceptors (Lipinski definition) is 7. The summed E-state index contributed by atoms with van der Waals surface area (Å²) in [5.74, 6) is 0.176. The summed E-state index contributed by atoms with van der Waals surface area (Å²) in [6.07, 6.45) is 8.21. The Morgan fingerprint density at radius 2 is 1.66 bits per heavy atom. The number of phenolic OH excluding ortho intramolecular Hbond substituents is 1. The van der Waals surface area contributed by atoms with Gasteiger partial charge in [-0.05, 0) is 61.3 Å². The number of unbranched alkanes of at least 4 members (excludes halogenated alkanes) is 5. The SMILES string of the molecule is CCCCCCCCC(=O)NCc1ccc(O)c(OCCCN(CC)CCOC(=O)c2ccc(N)cc2)c1. The monoisotopic (exact) mass is 527 g/mol. The fourth-order valence-electron chi connectivity index (χ4n) is 4.01. The van der Waals surface area contributed by atoms with E-state index >= 15 is 0 Å². The number of nitrogens with two attached hydrogens (primary N) is 1. The van der Waals surface area contributed by atoms with Gasteiger partial charge in [-0.3, -0.25) is 4.79 Å². The maximum atomic E-state index is 12.1. The van der Waals surface area contributed by atoms with E-state index in [1.807, 2.05) is 0 Å². The van der Waals surface area contributed by atoms with Gasteiger partial charge in [-0.15, -0.1) is 0 Å². The van der Waals surface area contributed by atoms with Crippen molar-refractivity contribution in [3.8, 4) is 11.5 Å². The van der Waals surface area contributed by atoms with Gasteiger partial charge in [0.2, 0.25) is 5.91 Å². The van der Waals surface area contributed by atoms with Crippen molar-refractivity contribution in [3.63, 3.8) is 0 Å². The van der Waals surface area contributed by atoms with Crippen molar-refractivity contribution in [3.05, 3.63) is 53.6 Å². The number of aromatic hydroxyl groups is 1. The number of nitrogen functional groups attached to an aromatic ring is 1. The molecule has 2 rings (SSSR count). The van der Waals surface area contributed by atoms with E-state index in [9.17, 15) is 14.7 Å². The molecule has 0 unspecified atom stereocenters. The number of amides is 1. The van der Waals surface area contributed by atoms with E-state index in [1.54, 1.807) is 42.5 Å². The molecule has 2 aromatic rings. The van der Waals surface area contributed by atoms with Gasteiger partial charge in [-0.25, -0.2) is 4.79 Å². The smallest absolute Gasteiger partial charge is 0.338 e. The Morgan fingerprint density at radius 1 is 0.921 bits per heavy atom. The highest BCUT2D eigenvalue weighted by atomic mass is 16.5. The zero-order valence-electron chi connectivity index (χ0n) is 23.0. The summed E-state index contributed by atoms with van der Waals surface area (Å²) in [6, 6.07) is 11.8. The number of nitrogens with one attached hydrogen (secondary N) is 1. The lowest BCUT2D eigenvalue weighted by Crippen LogP contribution is -2.30. The predicted molar refractivity (Wildman–Crippen MR) is 151 cm³/mol. The molecule has 0 bridgehead atoms. The third kappa shape index (κ3) is 12.3. The van der Waals surface area contributed by atoms with Crippen LogP contribution in [0.1, 0.15) is 81.1 Å². The molecule has 4 N–H and O–H groups in total. The van der Waals surface area contributed by atoms with Gasteiger partial charge in [0.25, 0.3) is 0 Å². The van der Waals surface area contributed by atoms with Crippen LogP contribution in [0.2, 0.25) is 0 Å². The summed E-state index contributed by atoms with van der Waals surface area (Å²) in [4.78, 5) is 26.4. The molecule has 0 aromatic heterocycles. The normalized spacial score (nSPS) is 10.9. The Labute approximate surface area is 227 Å². The van der Waals surface area contributed by atoms with Crippen LogP contribution in [-0.2, 0) is 16.1 Å². The molecule has 0 radical (unpaired) electrons. The number of anilines is 1. The van der Waals surface area contributed by atoms with Crippen molar-refractivity contribution in [2.75, 3.05) is 38.6 Å². The molecule has 0 fully saturated rings. The van der Waals surface area contributed by atoms with Crippen LogP contribution in [-0.4, -0.2) is 54.7 Å². The topological polar surface area (TPSA) is 114 Å². The second kappa shape index (κ2) is 18.1. The van der Waals surface area contributed by atoms with E-state index in [0.717, 1.165) is 37.9 Å². The second-order valence-electron chi connectivity index (χ2n) is 9.49. The number of carbonyl (C=O) groups is 2. The number of esters is 1. The lowest BCUT2D eigenvalue weighted by atomic mass is 10.1. The molecule has 0 aliphatic rings. The minimum absolute atomic E-state index is 0.0508. The maximum Gasteiger partial charge on any atom is 0.338 e. The zero-order chi connectivity index (χ0) is 27.6. The largest absolute Gasteiger partial charge is 0.504 e. The molecule has 0 atom stereocenters. The van der Waals surface area contributed by atoms with Crippen molar-refractivity contribution in [2.45, 2.75) is 71.8 Å². The van der Waals surface area contributed by atoms with Crippen molar-refractivity contribution in [1.82, 2.24) is 10.2 Å². The van der Waals surface area contributed by atoms with Gasteiger partial charge in [0, 0.05) is 31.7 Å². The molecule has 8 heteroatoms. The molecule has 38 heavy (non-hydrogen) atoms. The minimum Gasteiger partial charge on any atom is -0.504 e. The molecule has 0 spiro atoms. The Hall–Kier alpha value is -3.26. The highest BCUT2D eigenvalue weighted by Gasteiger charge is 2.10. The highest BCUT2D eigenvalue weighted by molar-refractivity contribution is 5.89. The number of likely N-dealkylation sites (N-methyl/N-ethyl adjacent to an activating group) is 1. The van der Waals surface area contributed by atoms with Crippen LogP contribution in [0.15, 0.2) is 42.5 Å². The van der Waals surface area contributed by atoms with E-state index in [2.05, 4.69) is 24.1 Å². The molecule has 210 valence electrons. The first-order valence-corrected chi connectivity index (χ1v) is 13.9. The molecule has 2 aromatic carbocycles. The number of nitrogens with zero attached hydrogens (tertiary/aromatic N) is 1. The number of carbonyl (C=O) groups excluding carboxylic acids is 2. The third-order valence-electron chi connectivity index (χ3n) is 6.38. The number of rotatable bonds is 19. The summed E-state index contributed by atoms with van der Waals surface area (Å²) >= 11 is 0. The van der Waals surface area contributed by atoms with Gasteiger partial charge >= 0.3 is 5.97 Å². The van der Waals surface area contributed by atoms with Gasteiger partial charge in [0.15, 0.2) is 11.5 Å². The average molecular weight is 528 g/mol. The first-order valence-electron chi connectivity index (χ1n) is 13.9. The van der Waals surface area contributed by atoms with Crippen molar-refractivity contribution < 1.29 is 24.2 Å². The first-order chi connectivity index (χ1) is 18.4. The summed E-state index contributed by atoms with van der Waals surface area (Å²) in [6.45, 7) is 7.60. The van der Waals surface area contributed by atoms with Gasteiger partial charge < -0.3 is 30.5 Å². The molecule has 0 heterocycles. The number of ether oxygens (including phenoxy) is 2. The van der Waals surface area contributed by atoms with Crippen molar-refractivity contribution in [1.29, 1.82) is 0 Å². The lowest BCUT2D eigenvalue weighted by molar-refractivity contribution is -0.121. The zero-order valence-corrected chi connectivity index (χ0v) is 23.0. The standard InChI is InChI=1S/C30H45N3O5/c1-3-5-6-7-8-9-11-29(35)32-23-24-12-17-27(34)28(22-24)37-20-10-18-33(4-2)19-21-38-30(36)25-13-15-26(31)16-14-25/h12-17,22,34H,3-11,18-21,23,31H2,1-2H3,(H,32,35). The predicted octanol–water partition coefficient (Wildman–Crippen LogP) is 5.29. The Balaban J connectivity index is 1.65. The fraction of sp³-hybridized carbons (Fsp3) is 0.533. The van der Waals surface area contributed by atoms with Crippen LogP contribution in [0.25, 0.3) is 0 Å². The summed E-state index contributed by atoms with van der Waals surface area (Å²) in [5, 5.41) is 13.1. The van der Waals surface area contributed by atoms with Crippen LogP contribution < -0.4 is 15.8 Å². The van der Waals surface area contributed by atoms with Crippen molar-refractivity contribution >= 4 is 17.6 Å². The number of hydrogen-bond donors (Lipinski definition) is 3. The molecule has 0 aliphatic heterocycles. The Morgan fingerprint density at radius 3 is 2.39 bits per heavy atom. The Kier molecular flexibility index (Phi) is 14.7. The molecule has 8 nitrogen and oxygen atoms in total. The van der Waals surface area contributed by atoms with Crippen molar-refractivity contribution in [2.24, 2.45) is 0 Å². The quantitative estimate of drug-likeness (QED) is 0.129. The molecule has 0 saturated heterocycles. The van der Waals surface area contributed by atoms with Crippen LogP contribution in [0, 0.1) is 0 Å². The molecule has 0 saturated carbocycles. The number of phenols is 1.